The lowest BCUT2D eigenvalue weighted by Crippen LogP contribution is -2.41. The normalized spacial score (nSPS) is 24.4. The molecule has 0 spiro atoms. The molecule has 21 heavy (non-hydrogen) atoms. The van der Waals surface area contributed by atoms with E-state index in [1.165, 1.54) is 11.1 Å². The van der Waals surface area contributed by atoms with Crippen LogP contribution in [-0.2, 0) is 17.8 Å². The SMILES string of the molecule is Cl.NC[C@H]1CCC[C@H]1C(=O)N1CCc2cccc(Br)c2C1. The van der Waals surface area contributed by atoms with Crippen molar-refractivity contribution < 1.29 is 4.79 Å². The van der Waals surface area contributed by atoms with E-state index in [4.69, 9.17) is 5.73 Å². The van der Waals surface area contributed by atoms with E-state index in [1.54, 1.807) is 0 Å². The second-order valence-corrected chi connectivity index (χ2v) is 6.77. The van der Waals surface area contributed by atoms with Crippen molar-refractivity contribution >= 4 is 34.2 Å². The van der Waals surface area contributed by atoms with Crippen LogP contribution in [-0.4, -0.2) is 23.9 Å². The van der Waals surface area contributed by atoms with Crippen LogP contribution in [0.5, 0.6) is 0 Å². The molecular weight excluding hydrogens is 352 g/mol. The van der Waals surface area contributed by atoms with E-state index in [9.17, 15) is 4.79 Å². The molecule has 3 rings (SSSR count). The Balaban J connectivity index is 0.00000161. The summed E-state index contributed by atoms with van der Waals surface area (Å²) in [5.41, 5.74) is 8.45. The molecule has 116 valence electrons. The Labute approximate surface area is 140 Å². The molecule has 1 fully saturated rings. The van der Waals surface area contributed by atoms with Crippen molar-refractivity contribution in [1.29, 1.82) is 0 Å². The largest absolute Gasteiger partial charge is 0.338 e. The second-order valence-electron chi connectivity index (χ2n) is 5.92. The first-order chi connectivity index (χ1) is 9.70. The molecule has 2 aliphatic rings. The number of benzene rings is 1. The zero-order chi connectivity index (χ0) is 14.1. The van der Waals surface area contributed by atoms with Gasteiger partial charge in [-0.05, 0) is 48.9 Å². The van der Waals surface area contributed by atoms with Gasteiger partial charge in [0.2, 0.25) is 5.91 Å². The maximum absolute atomic E-state index is 12.7. The zero-order valence-electron chi connectivity index (χ0n) is 12.1. The number of hydrogen-bond acceptors (Lipinski definition) is 2. The molecule has 0 aromatic heterocycles. The Morgan fingerprint density at radius 2 is 2.19 bits per heavy atom. The third kappa shape index (κ3) is 3.27. The highest BCUT2D eigenvalue weighted by Crippen LogP contribution is 2.34. The van der Waals surface area contributed by atoms with Gasteiger partial charge in [0.25, 0.3) is 0 Å². The fourth-order valence-electron chi connectivity index (χ4n) is 3.61. The summed E-state index contributed by atoms with van der Waals surface area (Å²) < 4.78 is 1.12. The van der Waals surface area contributed by atoms with Crippen molar-refractivity contribution in [2.45, 2.75) is 32.2 Å². The summed E-state index contributed by atoms with van der Waals surface area (Å²) in [6.45, 7) is 2.23. The van der Waals surface area contributed by atoms with Gasteiger partial charge >= 0.3 is 0 Å². The molecule has 1 aliphatic heterocycles. The maximum atomic E-state index is 12.7. The van der Waals surface area contributed by atoms with Crippen LogP contribution in [0, 0.1) is 11.8 Å². The summed E-state index contributed by atoms with van der Waals surface area (Å²) >= 11 is 3.61. The van der Waals surface area contributed by atoms with E-state index in [0.717, 1.165) is 43.2 Å². The van der Waals surface area contributed by atoms with Crippen LogP contribution in [0.2, 0.25) is 0 Å². The first-order valence-electron chi connectivity index (χ1n) is 7.46. The molecule has 5 heteroatoms. The molecule has 1 aromatic rings. The molecule has 1 saturated carbocycles. The van der Waals surface area contributed by atoms with Crippen molar-refractivity contribution in [2.75, 3.05) is 13.1 Å². The number of amides is 1. The Hall–Kier alpha value is -0.580. The van der Waals surface area contributed by atoms with Crippen LogP contribution in [0.25, 0.3) is 0 Å². The minimum atomic E-state index is 0. The van der Waals surface area contributed by atoms with Gasteiger partial charge < -0.3 is 10.6 Å². The average Bonchev–Trinajstić information content (AvgIpc) is 2.95. The molecule has 1 amide bonds. The molecule has 2 atom stereocenters. The van der Waals surface area contributed by atoms with Gasteiger partial charge in [0.05, 0.1) is 0 Å². The highest BCUT2D eigenvalue weighted by atomic mass is 79.9. The van der Waals surface area contributed by atoms with Crippen LogP contribution in [0.15, 0.2) is 22.7 Å². The fourth-order valence-corrected chi connectivity index (χ4v) is 4.14. The molecular formula is C16H22BrClN2O. The number of carbonyl (C=O) groups is 1. The number of hydrogen-bond donors (Lipinski definition) is 1. The first kappa shape index (κ1) is 16.8. The second kappa shape index (κ2) is 7.12. The number of rotatable bonds is 2. The van der Waals surface area contributed by atoms with Crippen LogP contribution in [0.1, 0.15) is 30.4 Å². The van der Waals surface area contributed by atoms with Crippen molar-refractivity contribution in [1.82, 2.24) is 4.90 Å². The van der Waals surface area contributed by atoms with Crippen LogP contribution in [0.4, 0.5) is 0 Å². The lowest BCUT2D eigenvalue weighted by Gasteiger charge is -2.32. The Morgan fingerprint density at radius 3 is 2.95 bits per heavy atom. The van der Waals surface area contributed by atoms with E-state index in [-0.39, 0.29) is 18.3 Å². The van der Waals surface area contributed by atoms with Crippen molar-refractivity contribution in [2.24, 2.45) is 17.6 Å². The van der Waals surface area contributed by atoms with Crippen molar-refractivity contribution in [3.63, 3.8) is 0 Å². The summed E-state index contributed by atoms with van der Waals surface area (Å²) in [6.07, 6.45) is 4.23. The van der Waals surface area contributed by atoms with Gasteiger partial charge in [0.1, 0.15) is 0 Å². The predicted octanol–water partition coefficient (Wildman–Crippen LogP) is 3.13. The number of halogens is 2. The summed E-state index contributed by atoms with van der Waals surface area (Å²) in [6, 6.07) is 6.30. The molecule has 1 aliphatic carbocycles. The van der Waals surface area contributed by atoms with Gasteiger partial charge in [0.15, 0.2) is 0 Å². The van der Waals surface area contributed by atoms with Crippen LogP contribution >= 0.6 is 28.3 Å². The standard InChI is InChI=1S/C16H21BrN2O.ClH/c17-15-6-2-3-11-7-8-19(10-14(11)15)16(20)13-5-1-4-12(13)9-18;/h2-3,6,12-13H,1,4-5,7-10,18H2;1H/t12-,13-;/m1./s1. The Kier molecular flexibility index (Phi) is 5.69. The topological polar surface area (TPSA) is 46.3 Å². The average molecular weight is 374 g/mol. The number of carbonyl (C=O) groups excluding carboxylic acids is 1. The van der Waals surface area contributed by atoms with E-state index in [2.05, 4.69) is 34.1 Å². The smallest absolute Gasteiger partial charge is 0.226 e. The highest BCUT2D eigenvalue weighted by molar-refractivity contribution is 9.10. The third-order valence-electron chi connectivity index (χ3n) is 4.81. The highest BCUT2D eigenvalue weighted by Gasteiger charge is 2.35. The Bertz CT molecular complexity index is 523. The van der Waals surface area contributed by atoms with Crippen molar-refractivity contribution in [3.8, 4) is 0 Å². The summed E-state index contributed by atoms with van der Waals surface area (Å²) in [5, 5.41) is 0. The fraction of sp³-hybridized carbons (Fsp3) is 0.562. The molecule has 0 bridgehead atoms. The number of nitrogens with two attached hydrogens (primary N) is 1. The van der Waals surface area contributed by atoms with Crippen molar-refractivity contribution in [3.05, 3.63) is 33.8 Å². The van der Waals surface area contributed by atoms with E-state index < -0.39 is 0 Å². The van der Waals surface area contributed by atoms with Gasteiger partial charge in [0, 0.05) is 23.5 Å². The summed E-state index contributed by atoms with van der Waals surface area (Å²) in [7, 11) is 0. The van der Waals surface area contributed by atoms with Gasteiger partial charge in [-0.3, -0.25) is 4.79 Å². The number of fused-ring (bicyclic) bond motifs is 1. The van der Waals surface area contributed by atoms with E-state index in [1.807, 2.05) is 4.90 Å². The lowest BCUT2D eigenvalue weighted by molar-refractivity contribution is -0.137. The zero-order valence-corrected chi connectivity index (χ0v) is 14.5. The third-order valence-corrected chi connectivity index (χ3v) is 5.55. The first-order valence-corrected chi connectivity index (χ1v) is 8.25. The van der Waals surface area contributed by atoms with E-state index >= 15 is 0 Å². The molecule has 2 N–H and O–H groups in total. The summed E-state index contributed by atoms with van der Waals surface area (Å²) in [4.78, 5) is 14.8. The Morgan fingerprint density at radius 1 is 1.38 bits per heavy atom. The maximum Gasteiger partial charge on any atom is 0.226 e. The minimum Gasteiger partial charge on any atom is -0.338 e. The molecule has 0 unspecified atom stereocenters. The summed E-state index contributed by atoms with van der Waals surface area (Å²) in [5.74, 6) is 0.867. The quantitative estimate of drug-likeness (QED) is 0.865. The van der Waals surface area contributed by atoms with Crippen LogP contribution < -0.4 is 5.73 Å². The predicted molar refractivity (Wildman–Crippen MR) is 90.4 cm³/mol. The van der Waals surface area contributed by atoms with Gasteiger partial charge in [-0.25, -0.2) is 0 Å². The molecule has 0 radical (unpaired) electrons. The monoisotopic (exact) mass is 372 g/mol. The molecule has 3 nitrogen and oxygen atoms in total. The minimum absolute atomic E-state index is 0. The molecule has 0 saturated heterocycles. The number of nitrogens with zero attached hydrogens (tertiary/aromatic N) is 1. The lowest BCUT2D eigenvalue weighted by atomic mass is 9.92. The van der Waals surface area contributed by atoms with Crippen LogP contribution in [0.3, 0.4) is 0 Å². The van der Waals surface area contributed by atoms with E-state index in [0.29, 0.717) is 18.4 Å². The molecule has 1 heterocycles. The van der Waals surface area contributed by atoms with Gasteiger partial charge in [-0.2, -0.15) is 0 Å². The van der Waals surface area contributed by atoms with Gasteiger partial charge in [-0.1, -0.05) is 34.5 Å². The molecule has 1 aromatic carbocycles. The van der Waals surface area contributed by atoms with Gasteiger partial charge in [-0.15, -0.1) is 12.4 Å².